The molecular formula is C23H33IN4. The zero-order valence-electron chi connectivity index (χ0n) is 17.2. The molecule has 3 rings (SSSR count). The molecule has 2 atom stereocenters. The minimum atomic E-state index is 0. The van der Waals surface area contributed by atoms with Crippen molar-refractivity contribution in [2.75, 3.05) is 13.6 Å². The van der Waals surface area contributed by atoms with Gasteiger partial charge in [-0.15, -0.1) is 24.0 Å². The molecule has 1 fully saturated rings. The summed E-state index contributed by atoms with van der Waals surface area (Å²) in [4.78, 5) is 7.00. The molecule has 2 aromatic rings. The van der Waals surface area contributed by atoms with Gasteiger partial charge in [0.1, 0.15) is 0 Å². The zero-order valence-corrected chi connectivity index (χ0v) is 19.5. The fourth-order valence-corrected chi connectivity index (χ4v) is 3.78. The number of aliphatic imine (C=N–C) groups is 1. The van der Waals surface area contributed by atoms with Crippen LogP contribution in [0.3, 0.4) is 0 Å². The van der Waals surface area contributed by atoms with Gasteiger partial charge in [-0.1, -0.05) is 54.6 Å². The van der Waals surface area contributed by atoms with Crippen molar-refractivity contribution in [2.24, 2.45) is 4.99 Å². The third-order valence-corrected chi connectivity index (χ3v) is 5.51. The first-order valence-electron chi connectivity index (χ1n) is 9.95. The van der Waals surface area contributed by atoms with Crippen molar-refractivity contribution in [3.8, 4) is 0 Å². The van der Waals surface area contributed by atoms with E-state index in [9.17, 15) is 0 Å². The Hall–Kier alpha value is -1.60. The highest BCUT2D eigenvalue weighted by Gasteiger charge is 2.25. The summed E-state index contributed by atoms with van der Waals surface area (Å²) < 4.78 is 0. The standard InChI is InChI=1S/C23H32N4.HI/c1-18-9-7-8-12-21(18)16-25-23(24-3)26-22-13-14-27(19(2)15-22)17-20-10-5-4-6-11-20;/h4-12,19,22H,13-17H2,1-3H3,(H2,24,25,26);1H. The minimum Gasteiger partial charge on any atom is -0.354 e. The van der Waals surface area contributed by atoms with E-state index >= 15 is 0 Å². The molecule has 0 spiro atoms. The first-order valence-corrected chi connectivity index (χ1v) is 9.95. The molecule has 152 valence electrons. The Morgan fingerprint density at radius 3 is 2.50 bits per heavy atom. The Balaban J connectivity index is 0.00000280. The molecular weight excluding hydrogens is 459 g/mol. The van der Waals surface area contributed by atoms with Gasteiger partial charge < -0.3 is 10.6 Å². The number of benzene rings is 2. The molecule has 0 radical (unpaired) electrons. The average molecular weight is 492 g/mol. The molecule has 0 amide bonds. The minimum absolute atomic E-state index is 0. The molecule has 1 saturated heterocycles. The number of hydrogen-bond donors (Lipinski definition) is 2. The SMILES string of the molecule is CN=C(NCc1ccccc1C)NC1CCN(Cc2ccccc2)C(C)C1.I. The molecule has 4 nitrogen and oxygen atoms in total. The number of likely N-dealkylation sites (tertiary alicyclic amines) is 1. The molecule has 28 heavy (non-hydrogen) atoms. The quantitative estimate of drug-likeness (QED) is 0.371. The number of nitrogens with one attached hydrogen (secondary N) is 2. The number of halogens is 1. The first-order chi connectivity index (χ1) is 13.2. The molecule has 2 N–H and O–H groups in total. The predicted octanol–water partition coefficient (Wildman–Crippen LogP) is 4.33. The van der Waals surface area contributed by atoms with E-state index in [1.54, 1.807) is 0 Å². The van der Waals surface area contributed by atoms with E-state index < -0.39 is 0 Å². The summed E-state index contributed by atoms with van der Waals surface area (Å²) in [6.45, 7) is 7.43. The van der Waals surface area contributed by atoms with Crippen LogP contribution in [0, 0.1) is 6.92 Å². The van der Waals surface area contributed by atoms with Crippen LogP contribution >= 0.6 is 24.0 Å². The molecule has 1 heterocycles. The van der Waals surface area contributed by atoms with Crippen LogP contribution in [0.4, 0.5) is 0 Å². The van der Waals surface area contributed by atoms with E-state index in [4.69, 9.17) is 0 Å². The van der Waals surface area contributed by atoms with Crippen LogP contribution in [0.2, 0.25) is 0 Å². The van der Waals surface area contributed by atoms with Crippen LogP contribution in [0.5, 0.6) is 0 Å². The number of hydrogen-bond acceptors (Lipinski definition) is 2. The molecule has 2 aromatic carbocycles. The smallest absolute Gasteiger partial charge is 0.191 e. The van der Waals surface area contributed by atoms with Gasteiger partial charge in [-0.3, -0.25) is 9.89 Å². The van der Waals surface area contributed by atoms with Gasteiger partial charge in [0.05, 0.1) is 0 Å². The van der Waals surface area contributed by atoms with Crippen LogP contribution in [0.15, 0.2) is 59.6 Å². The lowest BCUT2D eigenvalue weighted by molar-refractivity contribution is 0.134. The van der Waals surface area contributed by atoms with E-state index in [0.717, 1.165) is 38.4 Å². The zero-order chi connectivity index (χ0) is 19.1. The fraction of sp³-hybridized carbons (Fsp3) is 0.435. The first kappa shape index (κ1) is 22.7. The average Bonchev–Trinajstić information content (AvgIpc) is 2.69. The summed E-state index contributed by atoms with van der Waals surface area (Å²) in [5.41, 5.74) is 4.02. The Labute approximate surface area is 186 Å². The topological polar surface area (TPSA) is 39.7 Å². The number of aryl methyl sites for hydroxylation is 1. The molecule has 1 aliphatic heterocycles. The fourth-order valence-electron chi connectivity index (χ4n) is 3.78. The number of rotatable bonds is 5. The van der Waals surface area contributed by atoms with Crippen molar-refractivity contribution in [3.05, 3.63) is 71.3 Å². The summed E-state index contributed by atoms with van der Waals surface area (Å²) in [5.74, 6) is 0.895. The second-order valence-electron chi connectivity index (χ2n) is 7.52. The van der Waals surface area contributed by atoms with E-state index in [2.05, 4.69) is 89.0 Å². The van der Waals surface area contributed by atoms with E-state index in [1.165, 1.54) is 16.7 Å². The van der Waals surface area contributed by atoms with Crippen LogP contribution in [0.1, 0.15) is 36.5 Å². The van der Waals surface area contributed by atoms with Crippen molar-refractivity contribution >= 4 is 29.9 Å². The van der Waals surface area contributed by atoms with Gasteiger partial charge >= 0.3 is 0 Å². The normalized spacial score (nSPS) is 20.3. The van der Waals surface area contributed by atoms with E-state index in [-0.39, 0.29) is 24.0 Å². The summed E-state index contributed by atoms with van der Waals surface area (Å²) in [5, 5.41) is 7.09. The monoisotopic (exact) mass is 492 g/mol. The predicted molar refractivity (Wildman–Crippen MR) is 129 cm³/mol. The maximum Gasteiger partial charge on any atom is 0.191 e. The maximum atomic E-state index is 4.42. The summed E-state index contributed by atoms with van der Waals surface area (Å²) in [6.07, 6.45) is 2.28. The lowest BCUT2D eigenvalue weighted by Crippen LogP contribution is -2.51. The van der Waals surface area contributed by atoms with Crippen molar-refractivity contribution in [3.63, 3.8) is 0 Å². The highest BCUT2D eigenvalue weighted by molar-refractivity contribution is 14.0. The third kappa shape index (κ3) is 6.48. The van der Waals surface area contributed by atoms with Crippen molar-refractivity contribution < 1.29 is 0 Å². The van der Waals surface area contributed by atoms with Crippen LogP contribution in [-0.4, -0.2) is 36.5 Å². The molecule has 0 bridgehead atoms. The third-order valence-electron chi connectivity index (χ3n) is 5.51. The van der Waals surface area contributed by atoms with Crippen molar-refractivity contribution in [1.29, 1.82) is 0 Å². The van der Waals surface area contributed by atoms with Gasteiger partial charge in [0, 0.05) is 38.8 Å². The Morgan fingerprint density at radius 2 is 1.82 bits per heavy atom. The van der Waals surface area contributed by atoms with Crippen LogP contribution in [0.25, 0.3) is 0 Å². The van der Waals surface area contributed by atoms with Gasteiger partial charge in [-0.25, -0.2) is 0 Å². The highest BCUT2D eigenvalue weighted by Crippen LogP contribution is 2.20. The lowest BCUT2D eigenvalue weighted by atomic mass is 9.97. The van der Waals surface area contributed by atoms with Crippen LogP contribution < -0.4 is 10.6 Å². The molecule has 2 unspecified atom stereocenters. The van der Waals surface area contributed by atoms with Gasteiger partial charge in [0.2, 0.25) is 0 Å². The Kier molecular flexibility index (Phi) is 9.25. The summed E-state index contributed by atoms with van der Waals surface area (Å²) >= 11 is 0. The number of guanidine groups is 1. The van der Waals surface area contributed by atoms with E-state index in [0.29, 0.717) is 12.1 Å². The summed E-state index contributed by atoms with van der Waals surface area (Å²) in [6, 6.07) is 20.3. The van der Waals surface area contributed by atoms with E-state index in [1.807, 2.05) is 7.05 Å². The van der Waals surface area contributed by atoms with Crippen LogP contribution in [-0.2, 0) is 13.1 Å². The molecule has 5 heteroatoms. The largest absolute Gasteiger partial charge is 0.354 e. The van der Waals surface area contributed by atoms with Gasteiger partial charge in [0.25, 0.3) is 0 Å². The second kappa shape index (κ2) is 11.4. The number of nitrogens with zero attached hydrogens (tertiary/aromatic N) is 2. The van der Waals surface area contributed by atoms with Crippen molar-refractivity contribution in [1.82, 2.24) is 15.5 Å². The Morgan fingerprint density at radius 1 is 1.11 bits per heavy atom. The highest BCUT2D eigenvalue weighted by atomic mass is 127. The molecule has 0 aliphatic carbocycles. The van der Waals surface area contributed by atoms with Gasteiger partial charge in [-0.05, 0) is 43.4 Å². The lowest BCUT2D eigenvalue weighted by Gasteiger charge is -2.38. The Bertz CT molecular complexity index is 747. The summed E-state index contributed by atoms with van der Waals surface area (Å²) in [7, 11) is 1.85. The molecule has 0 aromatic heterocycles. The second-order valence-corrected chi connectivity index (χ2v) is 7.52. The van der Waals surface area contributed by atoms with Crippen molar-refractivity contribution in [2.45, 2.75) is 51.9 Å². The van der Waals surface area contributed by atoms with Gasteiger partial charge in [0.15, 0.2) is 5.96 Å². The molecule has 0 saturated carbocycles. The maximum absolute atomic E-state index is 4.42. The molecule has 1 aliphatic rings. The number of piperidine rings is 1. The van der Waals surface area contributed by atoms with Gasteiger partial charge in [-0.2, -0.15) is 0 Å².